The molecule has 6 heteroatoms. The second-order valence-electron chi connectivity index (χ2n) is 6.41. The summed E-state index contributed by atoms with van der Waals surface area (Å²) in [6.07, 6.45) is 6.97. The Hall–Kier alpha value is -1.43. The molecule has 124 valence electrons. The largest absolute Gasteiger partial charge is 0.316 e. The first kappa shape index (κ1) is 16.4. The van der Waals surface area contributed by atoms with E-state index < -0.39 is 0 Å². The quantitative estimate of drug-likeness (QED) is 0.935. The molecule has 23 heavy (non-hydrogen) atoms. The lowest BCUT2D eigenvalue weighted by molar-refractivity contribution is -0.00530. The Balaban J connectivity index is 0.00000156. The van der Waals surface area contributed by atoms with Crippen molar-refractivity contribution < 1.29 is 0 Å². The van der Waals surface area contributed by atoms with Gasteiger partial charge in [-0.3, -0.25) is 4.90 Å². The van der Waals surface area contributed by atoms with E-state index >= 15 is 0 Å². The molecule has 1 aromatic heterocycles. The minimum absolute atomic E-state index is 0. The SMILES string of the molecule is Cl.c1ccc(C2CCN(C3(n4cncn4)CCNCC3)C2)cc1. The molecule has 1 N–H and O–H groups in total. The molecule has 2 fully saturated rings. The number of nitrogens with zero attached hydrogens (tertiary/aromatic N) is 4. The maximum atomic E-state index is 4.49. The molecule has 2 aliphatic heterocycles. The lowest BCUT2D eigenvalue weighted by Crippen LogP contribution is -2.55. The zero-order valence-electron chi connectivity index (χ0n) is 13.3. The maximum Gasteiger partial charge on any atom is 0.137 e. The van der Waals surface area contributed by atoms with E-state index in [2.05, 4.69) is 55.3 Å². The van der Waals surface area contributed by atoms with Crippen molar-refractivity contribution in [3.63, 3.8) is 0 Å². The van der Waals surface area contributed by atoms with Crippen LogP contribution in [0.25, 0.3) is 0 Å². The number of nitrogens with one attached hydrogen (secondary N) is 1. The van der Waals surface area contributed by atoms with Gasteiger partial charge in [-0.25, -0.2) is 9.67 Å². The Labute approximate surface area is 143 Å². The van der Waals surface area contributed by atoms with Crippen molar-refractivity contribution in [2.45, 2.75) is 30.8 Å². The predicted octanol–water partition coefficient (Wildman–Crippen LogP) is 2.23. The summed E-state index contributed by atoms with van der Waals surface area (Å²) in [5, 5.41) is 7.97. The number of aromatic nitrogens is 3. The number of hydrogen-bond donors (Lipinski definition) is 1. The van der Waals surface area contributed by atoms with Gasteiger partial charge in [-0.15, -0.1) is 12.4 Å². The third-order valence-corrected chi connectivity index (χ3v) is 5.30. The van der Waals surface area contributed by atoms with Crippen molar-refractivity contribution in [2.75, 3.05) is 26.2 Å². The molecule has 0 radical (unpaired) electrons. The van der Waals surface area contributed by atoms with Crippen LogP contribution in [0, 0.1) is 0 Å². The topological polar surface area (TPSA) is 46.0 Å². The molecule has 2 aliphatic rings. The molecule has 5 nitrogen and oxygen atoms in total. The van der Waals surface area contributed by atoms with Crippen molar-refractivity contribution in [3.8, 4) is 0 Å². The van der Waals surface area contributed by atoms with Crippen LogP contribution in [0.5, 0.6) is 0 Å². The Kier molecular flexibility index (Phi) is 4.99. The summed E-state index contributed by atoms with van der Waals surface area (Å²) < 4.78 is 2.10. The highest BCUT2D eigenvalue weighted by Gasteiger charge is 2.43. The van der Waals surface area contributed by atoms with Gasteiger partial charge in [-0.1, -0.05) is 30.3 Å². The number of piperidine rings is 1. The van der Waals surface area contributed by atoms with Crippen LogP contribution < -0.4 is 5.32 Å². The van der Waals surface area contributed by atoms with Crippen LogP contribution in [-0.4, -0.2) is 45.8 Å². The van der Waals surface area contributed by atoms with Gasteiger partial charge < -0.3 is 5.32 Å². The zero-order chi connectivity index (χ0) is 14.8. The Bertz CT molecular complexity index is 595. The van der Waals surface area contributed by atoms with Crippen LogP contribution >= 0.6 is 12.4 Å². The Morgan fingerprint density at radius 2 is 1.91 bits per heavy atom. The fraction of sp³-hybridized carbons (Fsp3) is 0.529. The average Bonchev–Trinajstić information content (AvgIpc) is 3.29. The fourth-order valence-electron chi connectivity index (χ4n) is 4.08. The first-order valence-electron chi connectivity index (χ1n) is 8.24. The summed E-state index contributed by atoms with van der Waals surface area (Å²) in [7, 11) is 0. The predicted molar refractivity (Wildman–Crippen MR) is 92.7 cm³/mol. The number of likely N-dealkylation sites (tertiary alicyclic amines) is 1. The Morgan fingerprint density at radius 3 is 2.61 bits per heavy atom. The molecule has 0 saturated carbocycles. The highest BCUT2D eigenvalue weighted by Crippen LogP contribution is 2.38. The molecule has 0 spiro atoms. The standard InChI is InChI=1S/C17H23N5.ClH/c1-2-4-15(5-3-1)16-6-11-21(12-16)17(7-9-18-10-8-17)22-14-19-13-20-22;/h1-5,13-14,16,18H,6-12H2;1H. The van der Waals surface area contributed by atoms with Crippen LogP contribution in [0.15, 0.2) is 43.0 Å². The van der Waals surface area contributed by atoms with Crippen molar-refractivity contribution >= 4 is 12.4 Å². The molecule has 1 atom stereocenters. The van der Waals surface area contributed by atoms with Gasteiger partial charge in [0, 0.05) is 13.1 Å². The van der Waals surface area contributed by atoms with E-state index in [1.165, 1.54) is 12.0 Å². The third-order valence-electron chi connectivity index (χ3n) is 5.30. The summed E-state index contributed by atoms with van der Waals surface area (Å²) in [5.41, 5.74) is 1.47. The monoisotopic (exact) mass is 333 g/mol. The van der Waals surface area contributed by atoms with Crippen molar-refractivity contribution in [1.82, 2.24) is 25.0 Å². The van der Waals surface area contributed by atoms with Gasteiger partial charge >= 0.3 is 0 Å². The minimum Gasteiger partial charge on any atom is -0.316 e. The van der Waals surface area contributed by atoms with Crippen molar-refractivity contribution in [3.05, 3.63) is 48.5 Å². The maximum absolute atomic E-state index is 4.49. The highest BCUT2D eigenvalue weighted by molar-refractivity contribution is 5.85. The molecule has 2 saturated heterocycles. The second kappa shape index (κ2) is 6.99. The van der Waals surface area contributed by atoms with E-state index in [1.807, 2.05) is 6.33 Å². The number of hydrogen-bond acceptors (Lipinski definition) is 4. The van der Waals surface area contributed by atoms with Gasteiger partial charge in [-0.2, -0.15) is 5.10 Å². The molecule has 1 unspecified atom stereocenters. The van der Waals surface area contributed by atoms with E-state index in [0.29, 0.717) is 5.92 Å². The van der Waals surface area contributed by atoms with Crippen molar-refractivity contribution in [1.29, 1.82) is 0 Å². The lowest BCUT2D eigenvalue weighted by Gasteiger charge is -2.44. The van der Waals surface area contributed by atoms with Crippen LogP contribution in [0.1, 0.15) is 30.7 Å². The van der Waals surface area contributed by atoms with E-state index in [9.17, 15) is 0 Å². The summed E-state index contributed by atoms with van der Waals surface area (Å²) in [4.78, 5) is 6.83. The second-order valence-corrected chi connectivity index (χ2v) is 6.41. The molecular formula is C17H24ClN5. The highest BCUT2D eigenvalue weighted by atomic mass is 35.5. The van der Waals surface area contributed by atoms with Gasteiger partial charge in [0.2, 0.25) is 0 Å². The van der Waals surface area contributed by atoms with Gasteiger partial charge in [0.15, 0.2) is 0 Å². The first-order valence-corrected chi connectivity index (χ1v) is 8.24. The van der Waals surface area contributed by atoms with E-state index in [0.717, 1.165) is 39.0 Å². The fourth-order valence-corrected chi connectivity index (χ4v) is 4.08. The minimum atomic E-state index is 0. The normalized spacial score (nSPS) is 24.3. The van der Waals surface area contributed by atoms with E-state index in [1.54, 1.807) is 6.33 Å². The van der Waals surface area contributed by atoms with Crippen LogP contribution in [0.4, 0.5) is 0 Å². The van der Waals surface area contributed by atoms with E-state index in [4.69, 9.17) is 0 Å². The van der Waals surface area contributed by atoms with Gasteiger partial charge in [0.1, 0.15) is 18.3 Å². The molecule has 3 heterocycles. The smallest absolute Gasteiger partial charge is 0.137 e. The van der Waals surface area contributed by atoms with Crippen LogP contribution in [0.3, 0.4) is 0 Å². The lowest BCUT2D eigenvalue weighted by atomic mass is 9.95. The summed E-state index contributed by atoms with van der Waals surface area (Å²) in [6.45, 7) is 4.35. The molecule has 1 aromatic carbocycles. The molecular weight excluding hydrogens is 310 g/mol. The molecule has 4 rings (SSSR count). The summed E-state index contributed by atoms with van der Waals surface area (Å²) >= 11 is 0. The number of halogens is 1. The molecule has 0 aliphatic carbocycles. The molecule has 0 bridgehead atoms. The molecule has 2 aromatic rings. The zero-order valence-corrected chi connectivity index (χ0v) is 14.1. The van der Waals surface area contributed by atoms with Crippen LogP contribution in [-0.2, 0) is 5.66 Å². The van der Waals surface area contributed by atoms with Gasteiger partial charge in [0.25, 0.3) is 0 Å². The number of rotatable bonds is 3. The van der Waals surface area contributed by atoms with Gasteiger partial charge in [0.05, 0.1) is 0 Å². The van der Waals surface area contributed by atoms with E-state index in [-0.39, 0.29) is 18.1 Å². The van der Waals surface area contributed by atoms with Gasteiger partial charge in [-0.05, 0) is 43.8 Å². The van der Waals surface area contributed by atoms with Crippen LogP contribution in [0.2, 0.25) is 0 Å². The Morgan fingerprint density at radius 1 is 1.13 bits per heavy atom. The summed E-state index contributed by atoms with van der Waals surface area (Å²) in [6, 6.07) is 10.9. The van der Waals surface area contributed by atoms with Crippen molar-refractivity contribution in [2.24, 2.45) is 0 Å². The molecule has 0 amide bonds. The third kappa shape index (κ3) is 3.01. The average molecular weight is 334 g/mol. The first-order chi connectivity index (χ1) is 10.9. The summed E-state index contributed by atoms with van der Waals surface area (Å²) in [5.74, 6) is 0.636. The number of benzene rings is 1.